The molecule has 4 aromatic rings. The zero-order valence-corrected chi connectivity index (χ0v) is 20.9. The minimum Gasteiger partial charge on any atom is -0.489 e. The Balaban J connectivity index is 1.19. The number of aromatic nitrogens is 2. The molecule has 0 radical (unpaired) electrons. The summed E-state index contributed by atoms with van der Waals surface area (Å²) in [5, 5.41) is 4.33. The molecule has 0 aliphatic carbocycles. The predicted octanol–water partition coefficient (Wildman–Crippen LogP) is 5.79. The van der Waals surface area contributed by atoms with Gasteiger partial charge in [-0.3, -0.25) is 9.20 Å². The van der Waals surface area contributed by atoms with Gasteiger partial charge in [0.05, 0.1) is 12.2 Å². The van der Waals surface area contributed by atoms with E-state index in [4.69, 9.17) is 27.9 Å². The first kappa shape index (κ1) is 23.5. The van der Waals surface area contributed by atoms with E-state index in [1.807, 2.05) is 31.2 Å². The van der Waals surface area contributed by atoms with Gasteiger partial charge in [0, 0.05) is 47.5 Å². The molecule has 1 aliphatic rings. The Kier molecular flexibility index (Phi) is 6.84. The van der Waals surface area contributed by atoms with Gasteiger partial charge in [0.1, 0.15) is 23.2 Å². The standard InChI is InChI=1S/C27H26Cl2N4O2/c1-2-24-26(33-14-11-20(29)15-25(33)31-24)27(34)30-16-18-3-7-21(8-4-18)32-13-12-23(17-32)35-22-9-5-19(28)6-10-22/h3-11,14-15,23H,2,12-13,16-17H2,1H3,(H,30,34)/t23-/m0/s1. The molecule has 1 saturated heterocycles. The van der Waals surface area contributed by atoms with Gasteiger partial charge in [0.15, 0.2) is 0 Å². The smallest absolute Gasteiger partial charge is 0.270 e. The number of fused-ring (bicyclic) bond motifs is 1. The third-order valence-electron chi connectivity index (χ3n) is 6.23. The van der Waals surface area contributed by atoms with Crippen molar-refractivity contribution in [3.8, 4) is 5.75 Å². The highest BCUT2D eigenvalue weighted by Crippen LogP contribution is 2.25. The van der Waals surface area contributed by atoms with Crippen molar-refractivity contribution in [3.63, 3.8) is 0 Å². The number of ether oxygens (including phenoxy) is 1. The molecule has 1 atom stereocenters. The first-order chi connectivity index (χ1) is 17.0. The molecule has 35 heavy (non-hydrogen) atoms. The number of carbonyl (C=O) groups is 1. The molecule has 1 N–H and O–H groups in total. The van der Waals surface area contributed by atoms with E-state index in [0.717, 1.165) is 42.2 Å². The number of benzene rings is 2. The molecule has 0 bridgehead atoms. The zero-order valence-electron chi connectivity index (χ0n) is 19.4. The molecule has 180 valence electrons. The van der Waals surface area contributed by atoms with Gasteiger partial charge in [-0.15, -0.1) is 0 Å². The van der Waals surface area contributed by atoms with Crippen molar-refractivity contribution in [1.82, 2.24) is 14.7 Å². The minimum absolute atomic E-state index is 0.142. The van der Waals surface area contributed by atoms with E-state index >= 15 is 0 Å². The second kappa shape index (κ2) is 10.2. The van der Waals surface area contributed by atoms with E-state index in [-0.39, 0.29) is 12.0 Å². The number of anilines is 1. The summed E-state index contributed by atoms with van der Waals surface area (Å²) in [6.45, 7) is 4.19. The van der Waals surface area contributed by atoms with Crippen molar-refractivity contribution in [2.24, 2.45) is 0 Å². The normalized spacial score (nSPS) is 15.5. The highest BCUT2D eigenvalue weighted by atomic mass is 35.5. The lowest BCUT2D eigenvalue weighted by molar-refractivity contribution is 0.0944. The Bertz CT molecular complexity index is 1340. The summed E-state index contributed by atoms with van der Waals surface area (Å²) in [4.78, 5) is 19.9. The van der Waals surface area contributed by atoms with Crippen LogP contribution in [0.1, 0.15) is 35.1 Å². The maximum absolute atomic E-state index is 13.0. The molecule has 2 aromatic heterocycles. The van der Waals surface area contributed by atoms with E-state index in [9.17, 15) is 4.79 Å². The van der Waals surface area contributed by atoms with Gasteiger partial charge in [-0.05, 0) is 54.4 Å². The van der Waals surface area contributed by atoms with Crippen molar-refractivity contribution in [3.05, 3.63) is 93.9 Å². The van der Waals surface area contributed by atoms with E-state index < -0.39 is 0 Å². The van der Waals surface area contributed by atoms with Gasteiger partial charge in [0.2, 0.25) is 0 Å². The first-order valence-electron chi connectivity index (χ1n) is 11.7. The van der Waals surface area contributed by atoms with Crippen LogP contribution in [0.15, 0.2) is 66.9 Å². The van der Waals surface area contributed by atoms with Gasteiger partial charge < -0.3 is 15.0 Å². The summed E-state index contributed by atoms with van der Waals surface area (Å²) >= 11 is 12.0. The molecule has 8 heteroatoms. The molecule has 1 aliphatic heterocycles. The van der Waals surface area contributed by atoms with E-state index in [0.29, 0.717) is 34.4 Å². The molecule has 5 rings (SSSR count). The topological polar surface area (TPSA) is 58.9 Å². The third kappa shape index (κ3) is 5.24. The summed E-state index contributed by atoms with van der Waals surface area (Å²) in [6.07, 6.45) is 3.55. The van der Waals surface area contributed by atoms with Crippen LogP contribution in [0.4, 0.5) is 5.69 Å². The number of hydrogen-bond donors (Lipinski definition) is 1. The molecule has 0 unspecified atom stereocenters. The molecule has 2 aromatic carbocycles. The molecule has 1 amide bonds. The van der Waals surface area contributed by atoms with Gasteiger partial charge >= 0.3 is 0 Å². The van der Waals surface area contributed by atoms with Gasteiger partial charge in [-0.25, -0.2) is 4.98 Å². The van der Waals surface area contributed by atoms with E-state index in [1.54, 1.807) is 22.7 Å². The number of rotatable bonds is 7. The molecule has 3 heterocycles. The number of halogens is 2. The summed E-state index contributed by atoms with van der Waals surface area (Å²) < 4.78 is 7.89. The minimum atomic E-state index is -0.150. The Morgan fingerprint density at radius 3 is 2.60 bits per heavy atom. The number of pyridine rings is 1. The molecular formula is C27H26Cl2N4O2. The number of nitrogens with one attached hydrogen (secondary N) is 1. The number of hydrogen-bond acceptors (Lipinski definition) is 4. The maximum atomic E-state index is 13.0. The second-order valence-electron chi connectivity index (χ2n) is 8.61. The monoisotopic (exact) mass is 508 g/mol. The Morgan fingerprint density at radius 2 is 1.86 bits per heavy atom. The number of amides is 1. The van der Waals surface area contributed by atoms with Crippen LogP contribution in [0.5, 0.6) is 5.75 Å². The third-order valence-corrected chi connectivity index (χ3v) is 6.71. The molecular weight excluding hydrogens is 483 g/mol. The first-order valence-corrected chi connectivity index (χ1v) is 12.5. The van der Waals surface area contributed by atoms with Crippen LogP contribution in [0.2, 0.25) is 10.0 Å². The van der Waals surface area contributed by atoms with E-state index in [1.165, 1.54) is 0 Å². The molecule has 0 saturated carbocycles. The second-order valence-corrected chi connectivity index (χ2v) is 9.48. The lowest BCUT2D eigenvalue weighted by atomic mass is 10.2. The van der Waals surface area contributed by atoms with Gasteiger partial charge in [-0.1, -0.05) is 42.3 Å². The maximum Gasteiger partial charge on any atom is 0.270 e. The lowest BCUT2D eigenvalue weighted by Gasteiger charge is -2.19. The average Bonchev–Trinajstić information content (AvgIpc) is 3.48. The van der Waals surface area contributed by atoms with Crippen LogP contribution >= 0.6 is 23.2 Å². The highest BCUT2D eigenvalue weighted by molar-refractivity contribution is 6.31. The largest absolute Gasteiger partial charge is 0.489 e. The molecule has 0 spiro atoms. The highest BCUT2D eigenvalue weighted by Gasteiger charge is 2.24. The van der Waals surface area contributed by atoms with Gasteiger partial charge in [-0.2, -0.15) is 0 Å². The van der Waals surface area contributed by atoms with Crippen LogP contribution in [0.3, 0.4) is 0 Å². The number of aryl methyl sites for hydroxylation is 1. The summed E-state index contributed by atoms with van der Waals surface area (Å²) in [5.74, 6) is 0.690. The summed E-state index contributed by atoms with van der Waals surface area (Å²) in [6, 6.07) is 19.3. The van der Waals surface area contributed by atoms with E-state index in [2.05, 4.69) is 39.5 Å². The SMILES string of the molecule is CCc1nc2cc(Cl)ccn2c1C(=O)NCc1ccc(N2CC[C@H](Oc3ccc(Cl)cc3)C2)cc1. The van der Waals surface area contributed by atoms with Crippen molar-refractivity contribution in [1.29, 1.82) is 0 Å². The quantitative estimate of drug-likeness (QED) is 0.343. The fourth-order valence-corrected chi connectivity index (χ4v) is 4.69. The number of imidazole rings is 1. The van der Waals surface area contributed by atoms with Crippen LogP contribution < -0.4 is 15.0 Å². The Morgan fingerprint density at radius 1 is 1.09 bits per heavy atom. The molecule has 6 nitrogen and oxygen atoms in total. The van der Waals surface area contributed by atoms with Crippen LogP contribution in [0, 0.1) is 0 Å². The molecule has 1 fully saturated rings. The van der Waals surface area contributed by atoms with Crippen molar-refractivity contribution >= 4 is 40.4 Å². The van der Waals surface area contributed by atoms with Crippen molar-refractivity contribution in [2.45, 2.75) is 32.4 Å². The number of nitrogens with zero attached hydrogens (tertiary/aromatic N) is 3. The van der Waals surface area contributed by atoms with Crippen LogP contribution in [0.25, 0.3) is 5.65 Å². The van der Waals surface area contributed by atoms with Crippen molar-refractivity contribution in [2.75, 3.05) is 18.0 Å². The predicted molar refractivity (Wildman–Crippen MR) is 140 cm³/mol. The Labute approximate surface area is 214 Å². The fourth-order valence-electron chi connectivity index (χ4n) is 4.41. The van der Waals surface area contributed by atoms with Crippen molar-refractivity contribution < 1.29 is 9.53 Å². The lowest BCUT2D eigenvalue weighted by Crippen LogP contribution is -2.26. The average molecular weight is 509 g/mol. The fraction of sp³-hybridized carbons (Fsp3) is 0.259. The number of carbonyl (C=O) groups excluding carboxylic acids is 1. The van der Waals surface area contributed by atoms with Gasteiger partial charge in [0.25, 0.3) is 5.91 Å². The van der Waals surface area contributed by atoms with Crippen LogP contribution in [-0.2, 0) is 13.0 Å². The van der Waals surface area contributed by atoms with Crippen LogP contribution in [-0.4, -0.2) is 34.5 Å². The summed E-state index contributed by atoms with van der Waals surface area (Å²) in [5.41, 5.74) is 4.16. The summed E-state index contributed by atoms with van der Waals surface area (Å²) in [7, 11) is 0. The zero-order chi connectivity index (χ0) is 24.4. The Hall–Kier alpha value is -3.22.